The molecule has 2 nitrogen and oxygen atoms in total. The molecule has 0 amide bonds. The second-order valence-corrected chi connectivity index (χ2v) is 6.50. The van der Waals surface area contributed by atoms with E-state index in [2.05, 4.69) is 48.3 Å². The molecule has 1 heterocycles. The zero-order valence-electron chi connectivity index (χ0n) is 12.9. The van der Waals surface area contributed by atoms with Crippen LogP contribution in [0.4, 0.5) is 0 Å². The van der Waals surface area contributed by atoms with Crippen LogP contribution in [0.3, 0.4) is 0 Å². The summed E-state index contributed by atoms with van der Waals surface area (Å²) < 4.78 is 0. The fourth-order valence-corrected chi connectivity index (χ4v) is 4.03. The van der Waals surface area contributed by atoms with Gasteiger partial charge < -0.3 is 5.32 Å². The first-order chi connectivity index (χ1) is 9.79. The number of fused-ring (bicyclic) bond motifs is 1. The summed E-state index contributed by atoms with van der Waals surface area (Å²) in [6.45, 7) is 8.27. The number of hydrogen-bond donors (Lipinski definition) is 1. The molecule has 3 atom stereocenters. The molecule has 2 heteroatoms. The molecule has 1 aromatic rings. The fourth-order valence-electron chi connectivity index (χ4n) is 4.03. The molecule has 110 valence electrons. The third-order valence-electron chi connectivity index (χ3n) is 5.22. The molecule has 1 aliphatic heterocycles. The second kappa shape index (κ2) is 6.28. The Morgan fingerprint density at radius 2 is 1.95 bits per heavy atom. The number of hydrogen-bond acceptors (Lipinski definition) is 2. The highest BCUT2D eigenvalue weighted by atomic mass is 15.2. The third-order valence-corrected chi connectivity index (χ3v) is 5.22. The molecule has 0 saturated carbocycles. The summed E-state index contributed by atoms with van der Waals surface area (Å²) in [7, 11) is 0. The minimum atomic E-state index is 0.634. The largest absolute Gasteiger partial charge is 0.313 e. The monoisotopic (exact) mass is 272 g/mol. The molecule has 0 radical (unpaired) electrons. The van der Waals surface area contributed by atoms with Gasteiger partial charge in [-0.2, -0.15) is 0 Å². The van der Waals surface area contributed by atoms with Gasteiger partial charge in [-0.3, -0.25) is 4.90 Å². The zero-order chi connectivity index (χ0) is 13.9. The highest BCUT2D eigenvalue weighted by molar-refractivity contribution is 5.35. The van der Waals surface area contributed by atoms with Gasteiger partial charge in [0.2, 0.25) is 0 Å². The van der Waals surface area contributed by atoms with Crippen LogP contribution in [-0.2, 0) is 0 Å². The van der Waals surface area contributed by atoms with Crippen LogP contribution in [0.1, 0.15) is 62.6 Å². The van der Waals surface area contributed by atoms with Gasteiger partial charge in [-0.15, -0.1) is 0 Å². The van der Waals surface area contributed by atoms with Gasteiger partial charge in [-0.1, -0.05) is 38.1 Å². The number of likely N-dealkylation sites (N-methyl/N-ethyl adjacent to an activating group) is 1. The van der Waals surface area contributed by atoms with Crippen molar-refractivity contribution in [3.63, 3.8) is 0 Å². The first-order valence-electron chi connectivity index (χ1n) is 8.36. The number of nitrogens with zero attached hydrogens (tertiary/aromatic N) is 1. The maximum absolute atomic E-state index is 3.65. The summed E-state index contributed by atoms with van der Waals surface area (Å²) >= 11 is 0. The lowest BCUT2D eigenvalue weighted by atomic mass is 9.80. The van der Waals surface area contributed by atoms with Gasteiger partial charge in [-0.05, 0) is 55.8 Å². The Bertz CT molecular complexity index is 437. The molecule has 1 N–H and O–H groups in total. The lowest BCUT2D eigenvalue weighted by Gasteiger charge is -2.38. The highest BCUT2D eigenvalue weighted by Crippen LogP contribution is 2.40. The molecule has 3 rings (SSSR count). The molecular weight excluding hydrogens is 244 g/mol. The van der Waals surface area contributed by atoms with E-state index >= 15 is 0 Å². The van der Waals surface area contributed by atoms with Crippen molar-refractivity contribution >= 4 is 0 Å². The van der Waals surface area contributed by atoms with Crippen LogP contribution in [0.5, 0.6) is 0 Å². The molecule has 0 bridgehead atoms. The van der Waals surface area contributed by atoms with E-state index in [1.807, 2.05) is 0 Å². The van der Waals surface area contributed by atoms with E-state index in [-0.39, 0.29) is 0 Å². The van der Waals surface area contributed by atoms with Gasteiger partial charge >= 0.3 is 0 Å². The quantitative estimate of drug-likeness (QED) is 0.899. The van der Waals surface area contributed by atoms with Gasteiger partial charge in [0, 0.05) is 18.6 Å². The standard InChI is InChI=1S/C18H28N2/c1-3-20(13-15-7-6-12-19-15)18-11-10-14(2)16-8-4-5-9-17(16)18/h4-5,8-9,14-15,18-19H,3,6-7,10-13H2,1-2H3. The molecular formula is C18H28N2. The Hall–Kier alpha value is -0.860. The van der Waals surface area contributed by atoms with E-state index in [4.69, 9.17) is 0 Å². The smallest absolute Gasteiger partial charge is 0.0351 e. The van der Waals surface area contributed by atoms with Gasteiger partial charge in [0.25, 0.3) is 0 Å². The first kappa shape index (κ1) is 14.1. The van der Waals surface area contributed by atoms with Crippen LogP contribution >= 0.6 is 0 Å². The second-order valence-electron chi connectivity index (χ2n) is 6.50. The summed E-state index contributed by atoms with van der Waals surface area (Å²) in [6.07, 6.45) is 5.34. The van der Waals surface area contributed by atoms with Crippen LogP contribution in [0.25, 0.3) is 0 Å². The maximum Gasteiger partial charge on any atom is 0.0351 e. The van der Waals surface area contributed by atoms with Crippen molar-refractivity contribution in [3.8, 4) is 0 Å². The predicted octanol–water partition coefficient (Wildman–Crippen LogP) is 3.70. The Balaban J connectivity index is 1.79. The van der Waals surface area contributed by atoms with Gasteiger partial charge in [0.15, 0.2) is 0 Å². The Morgan fingerprint density at radius 1 is 1.15 bits per heavy atom. The van der Waals surface area contributed by atoms with E-state index in [9.17, 15) is 0 Å². The van der Waals surface area contributed by atoms with Gasteiger partial charge in [0.1, 0.15) is 0 Å². The summed E-state index contributed by atoms with van der Waals surface area (Å²) in [5.41, 5.74) is 3.17. The highest BCUT2D eigenvalue weighted by Gasteiger charge is 2.29. The minimum Gasteiger partial charge on any atom is -0.313 e. The number of benzene rings is 1. The molecule has 1 saturated heterocycles. The Labute approximate surface area is 123 Å². The molecule has 0 spiro atoms. The van der Waals surface area contributed by atoms with Crippen molar-refractivity contribution in [2.45, 2.75) is 57.5 Å². The average molecular weight is 272 g/mol. The topological polar surface area (TPSA) is 15.3 Å². The molecule has 20 heavy (non-hydrogen) atoms. The van der Waals surface area contributed by atoms with Crippen LogP contribution in [0, 0.1) is 0 Å². The maximum atomic E-state index is 3.65. The van der Waals surface area contributed by atoms with E-state index in [1.165, 1.54) is 38.8 Å². The van der Waals surface area contributed by atoms with Crippen LogP contribution in [0.2, 0.25) is 0 Å². The van der Waals surface area contributed by atoms with Crippen molar-refractivity contribution in [1.82, 2.24) is 10.2 Å². The lowest BCUT2D eigenvalue weighted by molar-refractivity contribution is 0.168. The van der Waals surface area contributed by atoms with Crippen LogP contribution < -0.4 is 5.32 Å². The normalized spacial score (nSPS) is 29.6. The summed E-state index contributed by atoms with van der Waals surface area (Å²) in [5.74, 6) is 0.728. The summed E-state index contributed by atoms with van der Waals surface area (Å²) in [6, 6.07) is 10.5. The van der Waals surface area contributed by atoms with Crippen LogP contribution in [0.15, 0.2) is 24.3 Å². The molecule has 1 aromatic carbocycles. The average Bonchev–Trinajstić information content (AvgIpc) is 2.99. The fraction of sp³-hybridized carbons (Fsp3) is 0.667. The Morgan fingerprint density at radius 3 is 2.65 bits per heavy atom. The summed E-state index contributed by atoms with van der Waals surface area (Å²) in [4.78, 5) is 2.70. The summed E-state index contributed by atoms with van der Waals surface area (Å²) in [5, 5.41) is 3.65. The molecule has 3 unspecified atom stereocenters. The molecule has 1 aliphatic carbocycles. The van der Waals surface area contributed by atoms with E-state index in [0.29, 0.717) is 12.1 Å². The zero-order valence-corrected chi connectivity index (χ0v) is 12.9. The lowest BCUT2D eigenvalue weighted by Crippen LogP contribution is -2.40. The first-order valence-corrected chi connectivity index (χ1v) is 8.36. The van der Waals surface area contributed by atoms with E-state index in [0.717, 1.165) is 12.5 Å². The van der Waals surface area contributed by atoms with Crippen molar-refractivity contribution in [1.29, 1.82) is 0 Å². The van der Waals surface area contributed by atoms with E-state index < -0.39 is 0 Å². The molecule has 1 fully saturated rings. The minimum absolute atomic E-state index is 0.634. The van der Waals surface area contributed by atoms with Gasteiger partial charge in [0.05, 0.1) is 0 Å². The predicted molar refractivity (Wildman–Crippen MR) is 85.1 cm³/mol. The molecule has 0 aromatic heterocycles. The Kier molecular flexibility index (Phi) is 4.42. The van der Waals surface area contributed by atoms with Crippen molar-refractivity contribution < 1.29 is 0 Å². The van der Waals surface area contributed by atoms with E-state index in [1.54, 1.807) is 11.1 Å². The van der Waals surface area contributed by atoms with Crippen molar-refractivity contribution in [2.75, 3.05) is 19.6 Å². The van der Waals surface area contributed by atoms with Crippen molar-refractivity contribution in [3.05, 3.63) is 35.4 Å². The van der Waals surface area contributed by atoms with Crippen molar-refractivity contribution in [2.24, 2.45) is 0 Å². The molecule has 2 aliphatic rings. The third kappa shape index (κ3) is 2.77. The number of rotatable bonds is 4. The van der Waals surface area contributed by atoms with Crippen LogP contribution in [-0.4, -0.2) is 30.6 Å². The number of nitrogens with one attached hydrogen (secondary N) is 1. The van der Waals surface area contributed by atoms with Gasteiger partial charge in [-0.25, -0.2) is 0 Å². The SMILES string of the molecule is CCN(CC1CCCN1)C1CCC(C)c2ccccc21.